The number of carbonyl (C=O) groups is 1. The Kier molecular flexibility index (Phi) is 4.07. The number of benzene rings is 1. The summed E-state index contributed by atoms with van der Waals surface area (Å²) in [4.78, 5) is 24.6. The predicted molar refractivity (Wildman–Crippen MR) is 89.6 cm³/mol. The van der Waals surface area contributed by atoms with E-state index in [4.69, 9.17) is 4.74 Å². The third-order valence-electron chi connectivity index (χ3n) is 3.80. The van der Waals surface area contributed by atoms with E-state index in [0.29, 0.717) is 13.1 Å². The highest BCUT2D eigenvalue weighted by atomic mass is 16.6. The van der Waals surface area contributed by atoms with Crippen molar-refractivity contribution >= 4 is 22.7 Å². The average Bonchev–Trinajstić information content (AvgIpc) is 2.53. The second kappa shape index (κ2) is 6.02. The summed E-state index contributed by atoms with van der Waals surface area (Å²) < 4.78 is 5.44. The van der Waals surface area contributed by atoms with Crippen LogP contribution in [0.1, 0.15) is 20.8 Å². The Hall–Kier alpha value is -2.37. The third-order valence-corrected chi connectivity index (χ3v) is 3.80. The minimum Gasteiger partial charge on any atom is -0.444 e. The van der Waals surface area contributed by atoms with E-state index >= 15 is 0 Å². The molecule has 23 heavy (non-hydrogen) atoms. The van der Waals surface area contributed by atoms with E-state index in [1.165, 1.54) is 0 Å². The standard InChI is InChI=1S/C17H22N4O2/c1-17(2,3)23-16(22)21-9-7-20(8-10-21)15-6-4-5-14-13(15)11-18-12-19-14/h4-6,11-12H,7-10H2,1-3H3. The number of hydrogen-bond donors (Lipinski definition) is 0. The molecule has 0 bridgehead atoms. The molecule has 3 rings (SSSR count). The number of aromatic nitrogens is 2. The lowest BCUT2D eigenvalue weighted by Crippen LogP contribution is -2.50. The molecule has 1 fully saturated rings. The second-order valence-corrected chi connectivity index (χ2v) is 6.69. The van der Waals surface area contributed by atoms with Gasteiger partial charge in [0.15, 0.2) is 0 Å². The van der Waals surface area contributed by atoms with E-state index < -0.39 is 5.60 Å². The molecule has 2 heterocycles. The largest absolute Gasteiger partial charge is 0.444 e. The monoisotopic (exact) mass is 314 g/mol. The fraction of sp³-hybridized carbons (Fsp3) is 0.471. The fourth-order valence-electron chi connectivity index (χ4n) is 2.72. The number of fused-ring (bicyclic) bond motifs is 1. The van der Waals surface area contributed by atoms with Gasteiger partial charge < -0.3 is 14.5 Å². The number of rotatable bonds is 1. The van der Waals surface area contributed by atoms with Crippen molar-refractivity contribution in [3.8, 4) is 0 Å². The van der Waals surface area contributed by atoms with Gasteiger partial charge in [0.2, 0.25) is 0 Å². The van der Waals surface area contributed by atoms with Crippen LogP contribution in [-0.4, -0.2) is 52.7 Å². The molecule has 122 valence electrons. The van der Waals surface area contributed by atoms with E-state index in [1.54, 1.807) is 11.2 Å². The van der Waals surface area contributed by atoms with Crippen molar-refractivity contribution in [2.75, 3.05) is 31.1 Å². The summed E-state index contributed by atoms with van der Waals surface area (Å²) in [5.41, 5.74) is 1.60. The van der Waals surface area contributed by atoms with E-state index in [-0.39, 0.29) is 6.09 Å². The molecular formula is C17H22N4O2. The van der Waals surface area contributed by atoms with Crippen LogP contribution in [0.3, 0.4) is 0 Å². The lowest BCUT2D eigenvalue weighted by Gasteiger charge is -2.37. The molecule has 0 saturated carbocycles. The summed E-state index contributed by atoms with van der Waals surface area (Å²) in [5, 5.41) is 1.04. The van der Waals surface area contributed by atoms with Gasteiger partial charge >= 0.3 is 6.09 Å². The van der Waals surface area contributed by atoms with Crippen LogP contribution in [0.15, 0.2) is 30.7 Å². The van der Waals surface area contributed by atoms with Crippen LogP contribution >= 0.6 is 0 Å². The molecule has 0 aliphatic carbocycles. The van der Waals surface area contributed by atoms with E-state index in [0.717, 1.165) is 29.7 Å². The average molecular weight is 314 g/mol. The molecule has 1 aromatic heterocycles. The molecule has 6 nitrogen and oxygen atoms in total. The normalized spacial score (nSPS) is 15.8. The van der Waals surface area contributed by atoms with Crippen LogP contribution in [0.2, 0.25) is 0 Å². The molecule has 2 aromatic rings. The Balaban J connectivity index is 1.70. The van der Waals surface area contributed by atoms with Crippen molar-refractivity contribution in [1.29, 1.82) is 0 Å². The summed E-state index contributed by atoms with van der Waals surface area (Å²) in [6.45, 7) is 8.50. The maximum atomic E-state index is 12.1. The number of carbonyl (C=O) groups excluding carboxylic acids is 1. The Bertz CT molecular complexity index is 698. The molecule has 0 spiro atoms. The Morgan fingerprint density at radius 2 is 1.91 bits per heavy atom. The first-order valence-corrected chi connectivity index (χ1v) is 7.86. The van der Waals surface area contributed by atoms with Crippen molar-refractivity contribution in [2.45, 2.75) is 26.4 Å². The number of amides is 1. The minimum atomic E-state index is -0.457. The molecule has 0 unspecified atom stereocenters. The maximum Gasteiger partial charge on any atom is 0.410 e. The summed E-state index contributed by atoms with van der Waals surface area (Å²) in [6.07, 6.45) is 3.17. The molecule has 1 aliphatic rings. The summed E-state index contributed by atoms with van der Waals surface area (Å²) in [5.74, 6) is 0. The molecule has 1 amide bonds. The quantitative estimate of drug-likeness (QED) is 0.810. The lowest BCUT2D eigenvalue weighted by molar-refractivity contribution is 0.0241. The van der Waals surface area contributed by atoms with Crippen LogP contribution in [0, 0.1) is 0 Å². The van der Waals surface area contributed by atoms with Gasteiger partial charge in [0, 0.05) is 43.4 Å². The smallest absolute Gasteiger partial charge is 0.410 e. The first-order valence-electron chi connectivity index (χ1n) is 7.86. The third kappa shape index (κ3) is 3.52. The van der Waals surface area contributed by atoms with Gasteiger partial charge in [-0.2, -0.15) is 0 Å². The SMILES string of the molecule is CC(C)(C)OC(=O)N1CCN(c2cccc3ncncc23)CC1. The van der Waals surface area contributed by atoms with Gasteiger partial charge in [0.1, 0.15) is 11.9 Å². The maximum absolute atomic E-state index is 12.1. The van der Waals surface area contributed by atoms with Crippen molar-refractivity contribution in [3.63, 3.8) is 0 Å². The molecule has 1 aliphatic heterocycles. The lowest BCUT2D eigenvalue weighted by atomic mass is 10.1. The highest BCUT2D eigenvalue weighted by Crippen LogP contribution is 2.26. The van der Waals surface area contributed by atoms with E-state index in [9.17, 15) is 4.79 Å². The van der Waals surface area contributed by atoms with Crippen molar-refractivity contribution < 1.29 is 9.53 Å². The molecule has 1 saturated heterocycles. The van der Waals surface area contributed by atoms with Gasteiger partial charge in [-0.1, -0.05) is 6.07 Å². The predicted octanol–water partition coefficient (Wildman–Crippen LogP) is 2.69. The zero-order valence-electron chi connectivity index (χ0n) is 13.8. The molecule has 1 aromatic carbocycles. The topological polar surface area (TPSA) is 58.6 Å². The first-order chi connectivity index (χ1) is 10.9. The van der Waals surface area contributed by atoms with Gasteiger partial charge in [0.05, 0.1) is 5.52 Å². The van der Waals surface area contributed by atoms with Crippen molar-refractivity contribution in [2.24, 2.45) is 0 Å². The Morgan fingerprint density at radius 3 is 2.61 bits per heavy atom. The summed E-state index contributed by atoms with van der Waals surface area (Å²) in [7, 11) is 0. The van der Waals surface area contributed by atoms with Gasteiger partial charge in [-0.3, -0.25) is 0 Å². The van der Waals surface area contributed by atoms with Gasteiger partial charge in [-0.15, -0.1) is 0 Å². The van der Waals surface area contributed by atoms with Crippen LogP contribution in [-0.2, 0) is 4.74 Å². The van der Waals surface area contributed by atoms with E-state index in [2.05, 4.69) is 20.9 Å². The van der Waals surface area contributed by atoms with Crippen molar-refractivity contribution in [3.05, 3.63) is 30.7 Å². The number of hydrogen-bond acceptors (Lipinski definition) is 5. The first kappa shape index (κ1) is 15.5. The van der Waals surface area contributed by atoms with E-state index in [1.807, 2.05) is 39.1 Å². The molecule has 6 heteroatoms. The highest BCUT2D eigenvalue weighted by Gasteiger charge is 2.26. The number of ether oxygens (including phenoxy) is 1. The Morgan fingerprint density at radius 1 is 1.17 bits per heavy atom. The van der Waals surface area contributed by atoms with Crippen LogP contribution < -0.4 is 4.90 Å². The zero-order valence-corrected chi connectivity index (χ0v) is 13.8. The molecule has 0 atom stereocenters. The number of anilines is 1. The Labute approximate surface area is 136 Å². The molecule has 0 N–H and O–H groups in total. The molecule has 0 radical (unpaired) electrons. The minimum absolute atomic E-state index is 0.238. The van der Waals surface area contributed by atoms with Gasteiger partial charge in [-0.05, 0) is 32.9 Å². The summed E-state index contributed by atoms with van der Waals surface area (Å²) in [6, 6.07) is 6.07. The van der Waals surface area contributed by atoms with Crippen LogP contribution in [0.4, 0.5) is 10.5 Å². The second-order valence-electron chi connectivity index (χ2n) is 6.69. The number of nitrogens with zero attached hydrogens (tertiary/aromatic N) is 4. The van der Waals surface area contributed by atoms with Gasteiger partial charge in [-0.25, -0.2) is 14.8 Å². The van der Waals surface area contributed by atoms with Crippen molar-refractivity contribution in [1.82, 2.24) is 14.9 Å². The fourth-order valence-corrected chi connectivity index (χ4v) is 2.72. The number of piperazine rings is 1. The zero-order chi connectivity index (χ0) is 16.4. The van der Waals surface area contributed by atoms with Gasteiger partial charge in [0.25, 0.3) is 0 Å². The summed E-state index contributed by atoms with van der Waals surface area (Å²) >= 11 is 0. The van der Waals surface area contributed by atoms with Crippen LogP contribution in [0.25, 0.3) is 10.9 Å². The van der Waals surface area contributed by atoms with Crippen LogP contribution in [0.5, 0.6) is 0 Å². The molecular weight excluding hydrogens is 292 g/mol. The highest BCUT2D eigenvalue weighted by molar-refractivity contribution is 5.91.